The predicted molar refractivity (Wildman–Crippen MR) is 141 cm³/mol. The molecule has 7 nitrogen and oxygen atoms in total. The molecule has 1 heterocycles. The Kier molecular flexibility index (Phi) is 8.57. The summed E-state index contributed by atoms with van der Waals surface area (Å²) in [5, 5.41) is 20.0. The van der Waals surface area contributed by atoms with Gasteiger partial charge in [-0.3, -0.25) is 4.79 Å². The summed E-state index contributed by atoms with van der Waals surface area (Å²) >= 11 is 6.05. The van der Waals surface area contributed by atoms with Crippen molar-refractivity contribution in [3.63, 3.8) is 0 Å². The number of benzene rings is 3. The minimum atomic E-state index is -0.600. The number of carbonyl (C=O) groups excluding carboxylic acids is 1. The van der Waals surface area contributed by atoms with E-state index in [9.17, 15) is 9.90 Å². The number of ether oxygens (including phenoxy) is 2. The molecule has 0 aliphatic carbocycles. The molecule has 0 saturated carbocycles. The second-order valence-corrected chi connectivity index (χ2v) is 8.66. The highest BCUT2D eigenvalue weighted by atomic mass is 35.5. The van der Waals surface area contributed by atoms with E-state index in [2.05, 4.69) is 17.2 Å². The van der Waals surface area contributed by atoms with Crippen LogP contribution in [0.1, 0.15) is 31.7 Å². The van der Waals surface area contributed by atoms with Crippen LogP contribution in [0, 0.1) is 0 Å². The average molecular weight is 506 g/mol. The fraction of sp³-hybridized carbons (Fsp3) is 0.250. The zero-order valence-electron chi connectivity index (χ0n) is 20.1. The number of para-hydroxylation sites is 3. The van der Waals surface area contributed by atoms with Crippen LogP contribution in [-0.2, 0) is 11.3 Å². The molecular formula is C28H28ClN3O4. The summed E-state index contributed by atoms with van der Waals surface area (Å²) in [5.74, 6) is 0.483. The van der Waals surface area contributed by atoms with Crippen LogP contribution >= 0.6 is 11.6 Å². The number of fused-ring (bicyclic) bond motifs is 1. The molecule has 3 aromatic carbocycles. The molecule has 0 fully saturated rings. The van der Waals surface area contributed by atoms with Gasteiger partial charge in [-0.05, 0) is 30.7 Å². The monoisotopic (exact) mass is 505 g/mol. The Morgan fingerprint density at radius 3 is 2.47 bits per heavy atom. The molecule has 4 aromatic rings. The van der Waals surface area contributed by atoms with Crippen LogP contribution in [0.25, 0.3) is 10.9 Å². The molecule has 8 heteroatoms. The van der Waals surface area contributed by atoms with Gasteiger partial charge in [0.1, 0.15) is 11.5 Å². The van der Waals surface area contributed by atoms with Crippen molar-refractivity contribution in [3.05, 3.63) is 83.4 Å². The molecule has 4 rings (SSSR count). The van der Waals surface area contributed by atoms with Crippen molar-refractivity contribution >= 4 is 34.1 Å². The fourth-order valence-corrected chi connectivity index (χ4v) is 4.04. The Labute approximate surface area is 214 Å². The van der Waals surface area contributed by atoms with E-state index in [1.54, 1.807) is 28.8 Å². The number of rotatable bonds is 11. The lowest BCUT2D eigenvalue weighted by Crippen LogP contribution is -2.08. The first kappa shape index (κ1) is 25.3. The summed E-state index contributed by atoms with van der Waals surface area (Å²) in [6, 6.07) is 22.1. The number of halogens is 1. The van der Waals surface area contributed by atoms with Crippen LogP contribution in [-0.4, -0.2) is 28.8 Å². The number of unbranched alkanes of at least 4 members (excludes halogenated alkanes) is 2. The summed E-state index contributed by atoms with van der Waals surface area (Å²) in [4.78, 5) is 12.3. The number of nitrogens with zero attached hydrogens (tertiary/aromatic N) is 3. The van der Waals surface area contributed by atoms with E-state index in [4.69, 9.17) is 21.1 Å². The Balaban J connectivity index is 1.55. The maximum atomic E-state index is 12.3. The lowest BCUT2D eigenvalue weighted by atomic mass is 10.2. The number of azo groups is 1. The van der Waals surface area contributed by atoms with Crippen molar-refractivity contribution < 1.29 is 19.4 Å². The third-order valence-corrected chi connectivity index (χ3v) is 5.99. The zero-order chi connectivity index (χ0) is 25.3. The predicted octanol–water partition coefficient (Wildman–Crippen LogP) is 7.31. The smallest absolute Gasteiger partial charge is 0.302 e. The van der Waals surface area contributed by atoms with Gasteiger partial charge in [0.05, 0.1) is 23.7 Å². The molecule has 0 aliphatic rings. The number of amides is 1. The van der Waals surface area contributed by atoms with Crippen LogP contribution in [0.15, 0.2) is 83.0 Å². The molecular weight excluding hydrogens is 478 g/mol. The Hall–Kier alpha value is -3.84. The molecule has 186 valence electrons. The topological polar surface area (TPSA) is 85.4 Å². The lowest BCUT2D eigenvalue weighted by Gasteiger charge is -2.13. The van der Waals surface area contributed by atoms with Crippen molar-refractivity contribution in [1.29, 1.82) is 0 Å². The summed E-state index contributed by atoms with van der Waals surface area (Å²) in [5.41, 5.74) is 1.92. The molecule has 0 unspecified atom stereocenters. The molecule has 0 bridgehead atoms. The molecule has 36 heavy (non-hydrogen) atoms. The molecule has 1 aromatic heterocycles. The first-order chi connectivity index (χ1) is 17.6. The van der Waals surface area contributed by atoms with Crippen LogP contribution in [0.5, 0.6) is 17.4 Å². The minimum Gasteiger partial charge on any atom is -0.493 e. The highest BCUT2D eigenvalue weighted by molar-refractivity contribution is 6.32. The second kappa shape index (κ2) is 12.2. The van der Waals surface area contributed by atoms with Crippen LogP contribution in [0.4, 0.5) is 5.69 Å². The van der Waals surface area contributed by atoms with Crippen molar-refractivity contribution in [2.75, 3.05) is 13.2 Å². The molecule has 0 atom stereocenters. The summed E-state index contributed by atoms with van der Waals surface area (Å²) < 4.78 is 13.2. The standard InChI is InChI=1S/C28H28ClN3O4/c1-2-3-10-17-35-24-15-8-4-11-20(24)18-32-23-14-7-5-12-21(23)27(28(32)34)31-30-26(33)19-36-25-16-9-6-13-22(25)29/h4-9,11-16,34H,2-3,10,17-19H2,1H3. The third-order valence-electron chi connectivity index (χ3n) is 5.67. The SMILES string of the molecule is CCCCCOc1ccccc1Cn1c(O)c(N=NC(=O)COc2ccccc2Cl)c2ccccc21. The van der Waals surface area contributed by atoms with E-state index in [-0.39, 0.29) is 18.2 Å². The molecule has 1 N–H and O–H groups in total. The largest absolute Gasteiger partial charge is 0.493 e. The summed E-state index contributed by atoms with van der Waals surface area (Å²) in [7, 11) is 0. The van der Waals surface area contributed by atoms with E-state index in [1.165, 1.54) is 0 Å². The van der Waals surface area contributed by atoms with Gasteiger partial charge in [0.15, 0.2) is 12.3 Å². The maximum absolute atomic E-state index is 12.3. The van der Waals surface area contributed by atoms with Gasteiger partial charge in [-0.15, -0.1) is 10.2 Å². The number of aromatic nitrogens is 1. The number of carbonyl (C=O) groups is 1. The number of hydrogen-bond donors (Lipinski definition) is 1. The Bertz CT molecular complexity index is 1370. The quantitative estimate of drug-likeness (QED) is 0.171. The van der Waals surface area contributed by atoms with Crippen LogP contribution in [0.3, 0.4) is 0 Å². The Morgan fingerprint density at radius 1 is 0.944 bits per heavy atom. The van der Waals surface area contributed by atoms with E-state index in [0.717, 1.165) is 36.1 Å². The summed E-state index contributed by atoms with van der Waals surface area (Å²) in [6.45, 7) is 2.84. The van der Waals surface area contributed by atoms with E-state index >= 15 is 0 Å². The van der Waals surface area contributed by atoms with Gasteiger partial charge in [-0.1, -0.05) is 79.9 Å². The molecule has 1 amide bonds. The maximum Gasteiger partial charge on any atom is 0.302 e. The highest BCUT2D eigenvalue weighted by Gasteiger charge is 2.18. The number of hydrogen-bond acceptors (Lipinski definition) is 5. The van der Waals surface area contributed by atoms with Gasteiger partial charge in [-0.2, -0.15) is 0 Å². The first-order valence-corrected chi connectivity index (χ1v) is 12.3. The Morgan fingerprint density at radius 2 is 1.67 bits per heavy atom. The van der Waals surface area contributed by atoms with Crippen LogP contribution < -0.4 is 9.47 Å². The van der Waals surface area contributed by atoms with E-state index in [1.807, 2.05) is 48.5 Å². The number of aromatic hydroxyl groups is 1. The van der Waals surface area contributed by atoms with Gasteiger partial charge in [0.2, 0.25) is 5.88 Å². The molecule has 0 radical (unpaired) electrons. The normalized spacial score (nSPS) is 11.3. The van der Waals surface area contributed by atoms with Gasteiger partial charge >= 0.3 is 5.91 Å². The second-order valence-electron chi connectivity index (χ2n) is 8.25. The van der Waals surface area contributed by atoms with Gasteiger partial charge < -0.3 is 19.1 Å². The lowest BCUT2D eigenvalue weighted by molar-refractivity contribution is -0.120. The van der Waals surface area contributed by atoms with Gasteiger partial charge in [0, 0.05) is 10.9 Å². The minimum absolute atomic E-state index is 0.0828. The van der Waals surface area contributed by atoms with Crippen molar-refractivity contribution in [2.24, 2.45) is 10.2 Å². The van der Waals surface area contributed by atoms with Crippen molar-refractivity contribution in [3.8, 4) is 17.4 Å². The first-order valence-electron chi connectivity index (χ1n) is 11.9. The van der Waals surface area contributed by atoms with Crippen molar-refractivity contribution in [1.82, 2.24) is 4.57 Å². The zero-order valence-corrected chi connectivity index (χ0v) is 20.8. The highest BCUT2D eigenvalue weighted by Crippen LogP contribution is 2.40. The van der Waals surface area contributed by atoms with E-state index in [0.29, 0.717) is 29.3 Å². The van der Waals surface area contributed by atoms with E-state index < -0.39 is 5.91 Å². The van der Waals surface area contributed by atoms with Crippen LogP contribution in [0.2, 0.25) is 5.02 Å². The molecule has 0 saturated heterocycles. The molecule has 0 aliphatic heterocycles. The summed E-state index contributed by atoms with van der Waals surface area (Å²) in [6.07, 6.45) is 3.23. The van der Waals surface area contributed by atoms with Crippen molar-refractivity contribution in [2.45, 2.75) is 32.7 Å². The molecule has 0 spiro atoms. The fourth-order valence-electron chi connectivity index (χ4n) is 3.85. The van der Waals surface area contributed by atoms with Gasteiger partial charge in [0.25, 0.3) is 0 Å². The van der Waals surface area contributed by atoms with Gasteiger partial charge in [-0.25, -0.2) is 0 Å². The average Bonchev–Trinajstić information content (AvgIpc) is 3.16. The third kappa shape index (κ3) is 6.04.